The monoisotopic (exact) mass is 505 g/mol. The molecule has 162 valence electrons. The molecule has 2 aliphatic heterocycles. The highest BCUT2D eigenvalue weighted by molar-refractivity contribution is 14.0. The number of carbonyl (C=O) groups excluding carboxylic acids is 1. The number of piperidine rings is 1. The third kappa shape index (κ3) is 8.27. The molecule has 2 atom stereocenters. The molecule has 0 aromatic carbocycles. The Kier molecular flexibility index (Phi) is 12.1. The molecule has 1 N–H and O–H groups in total. The second-order valence-corrected chi connectivity index (χ2v) is 8.10. The smallest absolute Gasteiger partial charge is 0.236 e. The Morgan fingerprint density at radius 1 is 1.11 bits per heavy atom. The Balaban J connectivity index is 0.00000392. The molecule has 2 heterocycles. The molecule has 1 amide bonds. The molecule has 0 radical (unpaired) electrons. The largest absolute Gasteiger partial charge is 0.357 e. The van der Waals surface area contributed by atoms with Gasteiger partial charge in [-0.15, -0.1) is 24.0 Å². The summed E-state index contributed by atoms with van der Waals surface area (Å²) >= 11 is 0. The lowest BCUT2D eigenvalue weighted by Gasteiger charge is -2.39. The van der Waals surface area contributed by atoms with Crippen LogP contribution in [0.1, 0.15) is 40.5 Å². The van der Waals surface area contributed by atoms with Crippen molar-refractivity contribution in [2.45, 2.75) is 40.5 Å². The van der Waals surface area contributed by atoms with Crippen molar-refractivity contribution in [2.24, 2.45) is 16.8 Å². The predicted molar refractivity (Wildman–Crippen MR) is 128 cm³/mol. The lowest BCUT2D eigenvalue weighted by Crippen LogP contribution is -2.55. The van der Waals surface area contributed by atoms with E-state index in [1.807, 2.05) is 6.92 Å². The zero-order chi connectivity index (χ0) is 19.6. The van der Waals surface area contributed by atoms with Crippen LogP contribution in [-0.2, 0) is 4.79 Å². The second-order valence-electron chi connectivity index (χ2n) is 8.10. The van der Waals surface area contributed by atoms with E-state index in [4.69, 9.17) is 4.99 Å². The minimum absolute atomic E-state index is 0. The predicted octanol–water partition coefficient (Wildman–Crippen LogP) is 2.66. The summed E-state index contributed by atoms with van der Waals surface area (Å²) in [5.74, 6) is 2.55. The van der Waals surface area contributed by atoms with Gasteiger partial charge in [0.25, 0.3) is 0 Å². The minimum Gasteiger partial charge on any atom is -0.357 e. The maximum atomic E-state index is 12.7. The molecule has 2 saturated heterocycles. The Hall–Kier alpha value is -0.830. The fraction of sp³-hybridized carbons (Fsp3) is 0.810. The molecule has 7 heteroatoms. The van der Waals surface area contributed by atoms with Gasteiger partial charge in [0.2, 0.25) is 5.91 Å². The average molecular weight is 505 g/mol. The van der Waals surface area contributed by atoms with Gasteiger partial charge in [0.1, 0.15) is 0 Å². The number of hydrogen-bond acceptors (Lipinski definition) is 3. The van der Waals surface area contributed by atoms with Crippen molar-refractivity contribution in [3.63, 3.8) is 0 Å². The molecule has 0 aromatic rings. The zero-order valence-electron chi connectivity index (χ0n) is 18.2. The summed E-state index contributed by atoms with van der Waals surface area (Å²) in [6.45, 7) is 16.5. The SMILES string of the molecule is C/C=C/CCN=C(NCC)N1CCN(CC(=O)N2CC(C)CC(C)C2)CC1.I. The number of piperazine rings is 1. The number of hydrogen-bond donors (Lipinski definition) is 1. The van der Waals surface area contributed by atoms with Crippen LogP contribution in [0, 0.1) is 11.8 Å². The lowest BCUT2D eigenvalue weighted by molar-refractivity contribution is -0.135. The number of nitrogens with zero attached hydrogens (tertiary/aromatic N) is 4. The van der Waals surface area contributed by atoms with Crippen LogP contribution in [0.15, 0.2) is 17.1 Å². The van der Waals surface area contributed by atoms with Crippen molar-refractivity contribution in [2.75, 3.05) is 58.9 Å². The van der Waals surface area contributed by atoms with Crippen molar-refractivity contribution in [1.82, 2.24) is 20.0 Å². The molecule has 2 aliphatic rings. The molecule has 0 aromatic heterocycles. The topological polar surface area (TPSA) is 51.2 Å². The number of nitrogens with one attached hydrogen (secondary N) is 1. The van der Waals surface area contributed by atoms with E-state index in [0.29, 0.717) is 24.3 Å². The van der Waals surface area contributed by atoms with Gasteiger partial charge in [-0.2, -0.15) is 0 Å². The van der Waals surface area contributed by atoms with Gasteiger partial charge in [-0.1, -0.05) is 26.0 Å². The highest BCUT2D eigenvalue weighted by Gasteiger charge is 2.27. The van der Waals surface area contributed by atoms with Crippen LogP contribution in [0.4, 0.5) is 0 Å². The molecule has 0 bridgehead atoms. The summed E-state index contributed by atoms with van der Waals surface area (Å²) < 4.78 is 0. The molecular formula is C21H40IN5O. The molecule has 2 unspecified atom stereocenters. The van der Waals surface area contributed by atoms with Crippen LogP contribution in [0.5, 0.6) is 0 Å². The van der Waals surface area contributed by atoms with Crippen LogP contribution >= 0.6 is 24.0 Å². The standard InChI is InChI=1S/C21H39N5O.HI/c1-5-7-8-9-23-21(22-6-2)25-12-10-24(11-13-25)17-20(27)26-15-18(3)14-19(4)16-26;/h5,7,18-19H,6,8-17H2,1-4H3,(H,22,23);1H/b7-5+;. The molecule has 2 rings (SSSR count). The minimum atomic E-state index is 0. The van der Waals surface area contributed by atoms with E-state index in [9.17, 15) is 4.79 Å². The first-order chi connectivity index (χ1) is 13.0. The summed E-state index contributed by atoms with van der Waals surface area (Å²) in [5, 5.41) is 3.40. The van der Waals surface area contributed by atoms with Crippen molar-refractivity contribution in [3.8, 4) is 0 Å². The Morgan fingerprint density at radius 2 is 1.75 bits per heavy atom. The van der Waals surface area contributed by atoms with Gasteiger partial charge in [0.15, 0.2) is 5.96 Å². The van der Waals surface area contributed by atoms with E-state index < -0.39 is 0 Å². The fourth-order valence-electron chi connectivity index (χ4n) is 4.11. The number of carbonyl (C=O) groups is 1. The number of halogens is 1. The van der Waals surface area contributed by atoms with E-state index >= 15 is 0 Å². The number of allylic oxidation sites excluding steroid dienone is 1. The van der Waals surface area contributed by atoms with E-state index in [0.717, 1.165) is 64.7 Å². The Morgan fingerprint density at radius 3 is 2.32 bits per heavy atom. The number of amides is 1. The van der Waals surface area contributed by atoms with Gasteiger partial charge in [0, 0.05) is 52.4 Å². The summed E-state index contributed by atoms with van der Waals surface area (Å²) in [6, 6.07) is 0. The van der Waals surface area contributed by atoms with Gasteiger partial charge in [0.05, 0.1) is 6.54 Å². The number of likely N-dealkylation sites (tertiary alicyclic amines) is 1. The number of guanidine groups is 1. The summed E-state index contributed by atoms with van der Waals surface area (Å²) in [7, 11) is 0. The number of rotatable bonds is 6. The Bertz CT molecular complexity index is 507. The molecule has 28 heavy (non-hydrogen) atoms. The molecule has 0 saturated carbocycles. The van der Waals surface area contributed by atoms with E-state index in [-0.39, 0.29) is 24.0 Å². The van der Waals surface area contributed by atoms with E-state index in [1.165, 1.54) is 6.42 Å². The molecular weight excluding hydrogens is 465 g/mol. The van der Waals surface area contributed by atoms with Gasteiger partial charge in [-0.05, 0) is 38.5 Å². The second kappa shape index (κ2) is 13.4. The van der Waals surface area contributed by atoms with E-state index in [1.54, 1.807) is 0 Å². The molecule has 2 fully saturated rings. The van der Waals surface area contributed by atoms with Gasteiger partial charge < -0.3 is 15.1 Å². The van der Waals surface area contributed by atoms with Crippen molar-refractivity contribution in [1.29, 1.82) is 0 Å². The summed E-state index contributed by atoms with van der Waals surface area (Å²) in [4.78, 5) is 24.1. The van der Waals surface area contributed by atoms with Crippen LogP contribution in [0.2, 0.25) is 0 Å². The van der Waals surface area contributed by atoms with Gasteiger partial charge in [-0.3, -0.25) is 14.7 Å². The van der Waals surface area contributed by atoms with Gasteiger partial charge in [-0.25, -0.2) is 0 Å². The molecule has 0 spiro atoms. The zero-order valence-corrected chi connectivity index (χ0v) is 20.5. The maximum Gasteiger partial charge on any atom is 0.236 e. The fourth-order valence-corrected chi connectivity index (χ4v) is 4.11. The first-order valence-electron chi connectivity index (χ1n) is 10.7. The summed E-state index contributed by atoms with van der Waals surface area (Å²) in [5.41, 5.74) is 0. The van der Waals surface area contributed by atoms with Crippen LogP contribution in [-0.4, -0.2) is 85.5 Å². The maximum absolute atomic E-state index is 12.7. The normalized spacial score (nSPS) is 24.4. The number of aliphatic imine (C=N–C) groups is 1. The molecule has 0 aliphatic carbocycles. The highest BCUT2D eigenvalue weighted by Crippen LogP contribution is 2.21. The average Bonchev–Trinajstić information content (AvgIpc) is 2.64. The van der Waals surface area contributed by atoms with E-state index in [2.05, 4.69) is 52.9 Å². The first kappa shape index (κ1) is 25.2. The molecule has 6 nitrogen and oxygen atoms in total. The lowest BCUT2D eigenvalue weighted by atomic mass is 9.92. The third-order valence-electron chi connectivity index (χ3n) is 5.38. The first-order valence-corrected chi connectivity index (χ1v) is 10.7. The quantitative estimate of drug-likeness (QED) is 0.198. The summed E-state index contributed by atoms with van der Waals surface area (Å²) in [6.07, 6.45) is 6.44. The van der Waals surface area contributed by atoms with Crippen LogP contribution in [0.25, 0.3) is 0 Å². The van der Waals surface area contributed by atoms with Crippen LogP contribution < -0.4 is 5.32 Å². The Labute approximate surface area is 188 Å². The highest BCUT2D eigenvalue weighted by atomic mass is 127. The van der Waals surface area contributed by atoms with Crippen LogP contribution in [0.3, 0.4) is 0 Å². The van der Waals surface area contributed by atoms with Crippen molar-refractivity contribution >= 4 is 35.8 Å². The van der Waals surface area contributed by atoms with Crippen molar-refractivity contribution < 1.29 is 4.79 Å². The van der Waals surface area contributed by atoms with Crippen molar-refractivity contribution in [3.05, 3.63) is 12.2 Å². The third-order valence-corrected chi connectivity index (χ3v) is 5.38. The van der Waals surface area contributed by atoms with Gasteiger partial charge >= 0.3 is 0 Å².